The van der Waals surface area contributed by atoms with Crippen molar-refractivity contribution < 1.29 is 4.74 Å². The summed E-state index contributed by atoms with van der Waals surface area (Å²) in [7, 11) is 0. The lowest BCUT2D eigenvalue weighted by atomic mass is 9.69. The highest BCUT2D eigenvalue weighted by atomic mass is 16.5. The van der Waals surface area contributed by atoms with Gasteiger partial charge in [0.2, 0.25) is 0 Å². The zero-order chi connectivity index (χ0) is 59.8. The van der Waals surface area contributed by atoms with E-state index in [1.54, 1.807) is 0 Å². The first-order chi connectivity index (χ1) is 43.1. The maximum atomic E-state index is 6.48. The molecule has 3 nitrogen and oxygen atoms in total. The van der Waals surface area contributed by atoms with E-state index in [0.717, 1.165) is 60.4 Å². The molecule has 1 heterocycles. The predicted molar refractivity (Wildman–Crippen MR) is 373 cm³/mol. The highest BCUT2D eigenvalue weighted by Crippen LogP contribution is 2.57. The molecule has 0 aromatic heterocycles. The normalized spacial score (nSPS) is 19.5. The van der Waals surface area contributed by atoms with Crippen LogP contribution in [0.25, 0.3) is 51.1 Å². The van der Waals surface area contributed by atoms with Crippen molar-refractivity contribution in [1.82, 2.24) is 0 Å². The van der Waals surface area contributed by atoms with Gasteiger partial charge in [-0.25, -0.2) is 0 Å². The number of allylic oxidation sites excluding steroid dienone is 7. The minimum Gasteiger partial charge on any atom is -0.494 e. The van der Waals surface area contributed by atoms with E-state index in [0.29, 0.717) is 12.6 Å². The molecule has 0 spiro atoms. The lowest BCUT2D eigenvalue weighted by Crippen LogP contribution is -2.40. The number of nitrogens with zero attached hydrogens (tertiary/aromatic N) is 2. The average Bonchev–Trinajstić information content (AvgIpc) is 1.58. The van der Waals surface area contributed by atoms with Crippen LogP contribution >= 0.6 is 0 Å². The molecule has 5 atom stereocenters. The van der Waals surface area contributed by atoms with Crippen molar-refractivity contribution in [3.8, 4) is 39.1 Å². The van der Waals surface area contributed by atoms with Crippen molar-refractivity contribution in [2.75, 3.05) is 16.4 Å². The van der Waals surface area contributed by atoms with Gasteiger partial charge < -0.3 is 14.5 Å². The average molecular weight is 1140 g/mol. The number of benzene rings is 9. The van der Waals surface area contributed by atoms with Gasteiger partial charge in [0.25, 0.3) is 0 Å². The van der Waals surface area contributed by atoms with E-state index in [9.17, 15) is 0 Å². The minimum atomic E-state index is -0.379. The Kier molecular flexibility index (Phi) is 15.2. The van der Waals surface area contributed by atoms with Crippen LogP contribution in [0.3, 0.4) is 0 Å². The van der Waals surface area contributed by atoms with Gasteiger partial charge in [0.1, 0.15) is 5.75 Å². The Hall–Kier alpha value is -9.70. The molecule has 0 N–H and O–H groups in total. The van der Waals surface area contributed by atoms with Gasteiger partial charge in [-0.2, -0.15) is 0 Å². The molecule has 0 bridgehead atoms. The Bertz CT molecular complexity index is 4240. The van der Waals surface area contributed by atoms with Crippen molar-refractivity contribution in [3.05, 3.63) is 342 Å². The van der Waals surface area contributed by atoms with Gasteiger partial charge in [-0.15, -0.1) is 0 Å². The topological polar surface area (TPSA) is 15.7 Å². The summed E-state index contributed by atoms with van der Waals surface area (Å²) in [6.45, 7) is 15.4. The second-order valence-electron chi connectivity index (χ2n) is 25.4. The molecule has 0 radical (unpaired) electrons. The van der Waals surface area contributed by atoms with Crippen LogP contribution < -0.4 is 14.5 Å². The van der Waals surface area contributed by atoms with Crippen molar-refractivity contribution >= 4 is 34.8 Å². The van der Waals surface area contributed by atoms with Crippen LogP contribution in [-0.4, -0.2) is 18.7 Å². The third kappa shape index (κ3) is 10.7. The highest BCUT2D eigenvalue weighted by Gasteiger charge is 2.45. The lowest BCUT2D eigenvalue weighted by molar-refractivity contribution is 0.301. The molecule has 0 fully saturated rings. The molecule has 4 aliphatic carbocycles. The number of hydrogen-bond acceptors (Lipinski definition) is 3. The Morgan fingerprint density at radius 1 is 0.580 bits per heavy atom. The quantitative estimate of drug-likeness (QED) is 0.0845. The van der Waals surface area contributed by atoms with Crippen LogP contribution in [0.15, 0.2) is 292 Å². The van der Waals surface area contributed by atoms with Crippen molar-refractivity contribution in [3.63, 3.8) is 0 Å². The number of unbranched alkanes of at least 4 members (excludes halogenated alkanes) is 1. The molecule has 0 saturated heterocycles. The zero-order valence-electron chi connectivity index (χ0n) is 50.9. The van der Waals surface area contributed by atoms with E-state index in [4.69, 9.17) is 4.74 Å². The molecule has 1 aliphatic heterocycles. The number of ether oxygens (including phenoxy) is 1. The van der Waals surface area contributed by atoms with Crippen LogP contribution in [0.2, 0.25) is 0 Å². The summed E-state index contributed by atoms with van der Waals surface area (Å²) in [5.41, 5.74) is 24.8. The fourth-order valence-electron chi connectivity index (χ4n) is 14.5. The van der Waals surface area contributed by atoms with E-state index < -0.39 is 0 Å². The first-order valence-electron chi connectivity index (χ1n) is 31.7. The fourth-order valence-corrected chi connectivity index (χ4v) is 14.5. The molecular formula is C85H76N2O. The summed E-state index contributed by atoms with van der Waals surface area (Å²) in [6, 6.07) is 79.9. The van der Waals surface area contributed by atoms with Crippen molar-refractivity contribution in [1.29, 1.82) is 0 Å². The number of anilines is 3. The third-order valence-electron chi connectivity index (χ3n) is 19.2. The standard InChI is InChI=1S/C85H76N2O/c1-6-59-24-28-61(29-25-59)64-38-49-75(50-39-64)88-55-17-16-54-85(70-18-10-8-11-19-70)80-23-15-14-22-76(80)77-51-48-74(58-81(77)85)86(72-44-34-63(35-45-72)62-32-42-69(43-33-62)84(3,4)5)73-46-36-66(37-47-73)68-41-53-83-79(57-68)78-56-67(65-30-26-60(7-2)27-31-65)40-52-82(78)87(83)71-20-12-9-13-21-71/h6-15,18-20,22-34,36-53,56-58,63,71,79,83H,1-2,16-17,21,35,54-55H2,3-5H3. The maximum Gasteiger partial charge on any atom is 0.119 e. The van der Waals surface area contributed by atoms with Gasteiger partial charge in [0, 0.05) is 40.0 Å². The van der Waals surface area contributed by atoms with Crippen LogP contribution in [0.4, 0.5) is 17.1 Å². The lowest BCUT2D eigenvalue weighted by Gasteiger charge is -2.35. The van der Waals surface area contributed by atoms with E-state index in [2.05, 4.69) is 317 Å². The summed E-state index contributed by atoms with van der Waals surface area (Å²) in [4.78, 5) is 5.17. The van der Waals surface area contributed by atoms with Gasteiger partial charge in [-0.1, -0.05) is 265 Å². The summed E-state index contributed by atoms with van der Waals surface area (Å²) < 4.78 is 6.48. The smallest absolute Gasteiger partial charge is 0.119 e. The van der Waals surface area contributed by atoms with Gasteiger partial charge in [0.05, 0.1) is 18.7 Å². The summed E-state index contributed by atoms with van der Waals surface area (Å²) in [5, 5.41) is 0. The molecule has 3 heteroatoms. The number of fused-ring (bicyclic) bond motifs is 6. The molecular weight excluding hydrogens is 1060 g/mol. The molecule has 14 rings (SSSR count). The monoisotopic (exact) mass is 1140 g/mol. The second-order valence-corrected chi connectivity index (χ2v) is 25.4. The van der Waals surface area contributed by atoms with Crippen LogP contribution in [0.5, 0.6) is 5.75 Å². The highest BCUT2D eigenvalue weighted by molar-refractivity contribution is 5.88. The number of rotatable bonds is 17. The summed E-state index contributed by atoms with van der Waals surface area (Å²) in [6.07, 6.45) is 32.2. The largest absolute Gasteiger partial charge is 0.494 e. The van der Waals surface area contributed by atoms with Gasteiger partial charge >= 0.3 is 0 Å². The summed E-state index contributed by atoms with van der Waals surface area (Å²) >= 11 is 0. The van der Waals surface area contributed by atoms with Gasteiger partial charge in [0.15, 0.2) is 0 Å². The fraction of sp³-hybridized carbons (Fsp3) is 0.176. The third-order valence-corrected chi connectivity index (χ3v) is 19.2. The molecule has 0 amide bonds. The van der Waals surface area contributed by atoms with Gasteiger partial charge in [-0.05, 0) is 181 Å². The van der Waals surface area contributed by atoms with E-state index in [1.165, 1.54) is 89.3 Å². The Labute approximate surface area is 521 Å². The first-order valence-corrected chi connectivity index (χ1v) is 31.7. The zero-order valence-corrected chi connectivity index (χ0v) is 50.9. The van der Waals surface area contributed by atoms with E-state index in [1.807, 2.05) is 12.2 Å². The molecule has 88 heavy (non-hydrogen) atoms. The maximum absolute atomic E-state index is 6.48. The molecule has 5 unspecified atom stereocenters. The molecule has 432 valence electrons. The van der Waals surface area contributed by atoms with Crippen LogP contribution in [0.1, 0.15) is 115 Å². The summed E-state index contributed by atoms with van der Waals surface area (Å²) in [5.74, 6) is 1.38. The SMILES string of the molecule is C=Cc1ccc(-c2ccc(OCCCCC3(c4ccccc4)c4ccccc4-c4ccc(N(C5=CCC(c6ccc(C(C)(C)C)cc6)C=C5)c5ccc(C6=CC7c8cc(-c9ccc(C=C)cc9)ccc8N(C8C=CC=CC8)C7C=C6)cc5)cc43)cc2)cc1. The van der Waals surface area contributed by atoms with Crippen LogP contribution in [-0.2, 0) is 10.8 Å². The Balaban J connectivity index is 0.797. The van der Waals surface area contributed by atoms with Crippen LogP contribution in [0, 0.1) is 0 Å². The van der Waals surface area contributed by atoms with Crippen molar-refractivity contribution in [2.24, 2.45) is 0 Å². The van der Waals surface area contributed by atoms with Crippen molar-refractivity contribution in [2.45, 2.75) is 87.6 Å². The molecule has 9 aromatic carbocycles. The Morgan fingerprint density at radius 2 is 1.24 bits per heavy atom. The minimum absolute atomic E-state index is 0.102. The number of hydrogen-bond donors (Lipinski definition) is 0. The van der Waals surface area contributed by atoms with E-state index in [-0.39, 0.29) is 28.7 Å². The Morgan fingerprint density at radius 3 is 1.92 bits per heavy atom. The van der Waals surface area contributed by atoms with E-state index >= 15 is 0 Å². The predicted octanol–water partition coefficient (Wildman–Crippen LogP) is 21.7. The second kappa shape index (κ2) is 23.9. The first kappa shape index (κ1) is 56.1. The molecule has 5 aliphatic rings. The molecule has 9 aromatic rings. The van der Waals surface area contributed by atoms with Gasteiger partial charge in [-0.3, -0.25) is 0 Å². The molecule has 0 saturated carbocycles.